The molecule has 1 aliphatic rings. The largest absolute Gasteiger partial charge is 0.378 e. The lowest BCUT2D eigenvalue weighted by atomic mass is 10.4. The summed E-state index contributed by atoms with van der Waals surface area (Å²) in [4.78, 5) is 37.7. The van der Waals surface area contributed by atoms with E-state index in [4.69, 9.17) is 4.74 Å². The van der Waals surface area contributed by atoms with Crippen LogP contribution in [0.5, 0.6) is 0 Å². The second-order valence-electron chi connectivity index (χ2n) is 4.61. The highest BCUT2D eigenvalue weighted by molar-refractivity contribution is 7.13. The molecule has 0 saturated carbocycles. The van der Waals surface area contributed by atoms with Crippen molar-refractivity contribution in [3.8, 4) is 0 Å². The van der Waals surface area contributed by atoms with Crippen molar-refractivity contribution >= 4 is 28.3 Å². The van der Waals surface area contributed by atoms with Gasteiger partial charge in [-0.3, -0.25) is 25.4 Å². The number of rotatable bonds is 3. The molecule has 3 rings (SSSR count). The first-order chi connectivity index (χ1) is 11.2. The maximum atomic E-state index is 12.0. The number of thiazole rings is 1. The summed E-state index contributed by atoms with van der Waals surface area (Å²) in [6.45, 7) is 2.79. The molecular weight excluding hydrogens is 320 g/mol. The number of nitrogens with one attached hydrogen (secondary N) is 2. The lowest BCUT2D eigenvalue weighted by molar-refractivity contribution is 0.0841. The van der Waals surface area contributed by atoms with Crippen LogP contribution in [0.25, 0.3) is 0 Å². The van der Waals surface area contributed by atoms with Crippen LogP contribution in [0, 0.1) is 0 Å². The minimum atomic E-state index is -0.546. The van der Waals surface area contributed by atoms with E-state index in [-0.39, 0.29) is 11.4 Å². The summed E-state index contributed by atoms with van der Waals surface area (Å²) in [5, 5.41) is 2.41. The predicted octanol–water partition coefficient (Wildman–Crippen LogP) is -0.155. The zero-order valence-corrected chi connectivity index (χ0v) is 12.9. The van der Waals surface area contributed by atoms with Crippen molar-refractivity contribution < 1.29 is 14.3 Å². The molecule has 0 aromatic carbocycles. The molecule has 2 N–H and O–H groups in total. The minimum absolute atomic E-state index is 0.111. The summed E-state index contributed by atoms with van der Waals surface area (Å²) in [7, 11) is 0. The number of hydrazine groups is 1. The smallest absolute Gasteiger partial charge is 0.289 e. The maximum absolute atomic E-state index is 12.0. The maximum Gasteiger partial charge on any atom is 0.289 e. The van der Waals surface area contributed by atoms with Gasteiger partial charge in [-0.1, -0.05) is 0 Å². The number of morpholine rings is 1. The lowest BCUT2D eigenvalue weighted by Crippen LogP contribution is -2.42. The third-order valence-corrected chi connectivity index (χ3v) is 3.99. The molecule has 10 heteroatoms. The highest BCUT2D eigenvalue weighted by Crippen LogP contribution is 2.21. The molecule has 1 fully saturated rings. The summed E-state index contributed by atoms with van der Waals surface area (Å²) in [5.74, 6) is -1.03. The van der Waals surface area contributed by atoms with Gasteiger partial charge in [-0.05, 0) is 0 Å². The van der Waals surface area contributed by atoms with Crippen molar-refractivity contribution in [2.75, 3.05) is 31.2 Å². The molecule has 2 aromatic rings. The van der Waals surface area contributed by atoms with E-state index >= 15 is 0 Å². The highest BCUT2D eigenvalue weighted by Gasteiger charge is 2.18. The SMILES string of the molecule is O=C(NNC(=O)c1csc(N2CCOCC2)n1)c1cnccn1. The van der Waals surface area contributed by atoms with Crippen LogP contribution >= 0.6 is 11.3 Å². The minimum Gasteiger partial charge on any atom is -0.378 e. The van der Waals surface area contributed by atoms with Gasteiger partial charge in [-0.2, -0.15) is 0 Å². The van der Waals surface area contributed by atoms with Crippen LogP contribution in [-0.4, -0.2) is 53.1 Å². The van der Waals surface area contributed by atoms with E-state index in [2.05, 4.69) is 30.7 Å². The number of anilines is 1. The predicted molar refractivity (Wildman–Crippen MR) is 82.1 cm³/mol. The molecule has 0 aliphatic carbocycles. The Morgan fingerprint density at radius 2 is 1.87 bits per heavy atom. The number of carbonyl (C=O) groups excluding carboxylic acids is 2. The quantitative estimate of drug-likeness (QED) is 0.751. The Hall–Kier alpha value is -2.59. The number of hydrogen-bond acceptors (Lipinski definition) is 8. The van der Waals surface area contributed by atoms with Crippen LogP contribution in [0.2, 0.25) is 0 Å². The van der Waals surface area contributed by atoms with Gasteiger partial charge >= 0.3 is 0 Å². The van der Waals surface area contributed by atoms with Crippen molar-refractivity contribution in [1.82, 2.24) is 25.8 Å². The Labute approximate surface area is 135 Å². The Balaban J connectivity index is 1.56. The first kappa shape index (κ1) is 15.3. The third-order valence-electron chi connectivity index (χ3n) is 3.09. The molecule has 0 atom stereocenters. The molecule has 0 spiro atoms. The van der Waals surface area contributed by atoms with E-state index in [1.807, 2.05) is 0 Å². The van der Waals surface area contributed by atoms with Crippen LogP contribution in [0.1, 0.15) is 21.0 Å². The molecular formula is C13H14N6O3S. The van der Waals surface area contributed by atoms with Crippen molar-refractivity contribution in [3.05, 3.63) is 35.4 Å². The second-order valence-corrected chi connectivity index (χ2v) is 5.45. The zero-order chi connectivity index (χ0) is 16.1. The van der Waals surface area contributed by atoms with Crippen molar-refractivity contribution in [2.24, 2.45) is 0 Å². The summed E-state index contributed by atoms with van der Waals surface area (Å²) in [6, 6.07) is 0. The van der Waals surface area contributed by atoms with Crippen LogP contribution in [-0.2, 0) is 4.74 Å². The highest BCUT2D eigenvalue weighted by atomic mass is 32.1. The van der Waals surface area contributed by atoms with Crippen molar-refractivity contribution in [1.29, 1.82) is 0 Å². The van der Waals surface area contributed by atoms with E-state index in [0.29, 0.717) is 13.2 Å². The fourth-order valence-corrected chi connectivity index (χ4v) is 2.79. The van der Waals surface area contributed by atoms with Gasteiger partial charge in [0.15, 0.2) is 5.13 Å². The summed E-state index contributed by atoms with van der Waals surface area (Å²) >= 11 is 1.38. The van der Waals surface area contributed by atoms with Gasteiger partial charge in [0.05, 0.1) is 19.4 Å². The van der Waals surface area contributed by atoms with Gasteiger partial charge in [-0.15, -0.1) is 11.3 Å². The molecule has 0 bridgehead atoms. The molecule has 3 heterocycles. The van der Waals surface area contributed by atoms with Crippen molar-refractivity contribution in [3.63, 3.8) is 0 Å². The first-order valence-corrected chi connectivity index (χ1v) is 7.77. The van der Waals surface area contributed by atoms with E-state index < -0.39 is 11.8 Å². The number of ether oxygens (including phenoxy) is 1. The van der Waals surface area contributed by atoms with E-state index in [0.717, 1.165) is 18.2 Å². The number of aromatic nitrogens is 3. The molecule has 1 aliphatic heterocycles. The average molecular weight is 334 g/mol. The molecule has 1 saturated heterocycles. The van der Waals surface area contributed by atoms with Crippen LogP contribution in [0.4, 0.5) is 5.13 Å². The van der Waals surface area contributed by atoms with E-state index in [1.54, 1.807) is 5.38 Å². The summed E-state index contributed by atoms with van der Waals surface area (Å²) in [6.07, 6.45) is 4.16. The molecule has 0 unspecified atom stereocenters. The molecule has 2 aromatic heterocycles. The zero-order valence-electron chi connectivity index (χ0n) is 12.1. The summed E-state index contributed by atoms with van der Waals surface area (Å²) in [5.41, 5.74) is 4.94. The third kappa shape index (κ3) is 3.79. The molecule has 23 heavy (non-hydrogen) atoms. The Kier molecular flexibility index (Phi) is 4.74. The normalized spacial score (nSPS) is 14.3. The van der Waals surface area contributed by atoms with Crippen LogP contribution in [0.15, 0.2) is 24.0 Å². The Morgan fingerprint density at radius 3 is 2.57 bits per heavy atom. The second kappa shape index (κ2) is 7.11. The van der Waals surface area contributed by atoms with Gasteiger partial charge in [0.25, 0.3) is 11.8 Å². The van der Waals surface area contributed by atoms with Gasteiger partial charge < -0.3 is 9.64 Å². The molecule has 0 radical (unpaired) electrons. The van der Waals surface area contributed by atoms with Gasteiger partial charge in [0.2, 0.25) is 0 Å². The van der Waals surface area contributed by atoms with E-state index in [1.165, 1.54) is 29.9 Å². The Morgan fingerprint density at radius 1 is 1.13 bits per heavy atom. The van der Waals surface area contributed by atoms with Crippen LogP contribution in [0.3, 0.4) is 0 Å². The fraction of sp³-hybridized carbons (Fsp3) is 0.308. The Bertz CT molecular complexity index is 686. The van der Waals surface area contributed by atoms with E-state index in [9.17, 15) is 9.59 Å². The van der Waals surface area contributed by atoms with Crippen LogP contribution < -0.4 is 15.8 Å². The number of hydrogen-bond donors (Lipinski definition) is 2. The fourth-order valence-electron chi connectivity index (χ4n) is 1.93. The van der Waals surface area contributed by atoms with Gasteiger partial charge in [0.1, 0.15) is 11.4 Å². The van der Waals surface area contributed by atoms with Gasteiger partial charge in [-0.25, -0.2) is 9.97 Å². The molecule has 2 amide bonds. The first-order valence-electron chi connectivity index (χ1n) is 6.89. The van der Waals surface area contributed by atoms with Gasteiger partial charge in [0, 0.05) is 30.9 Å². The number of nitrogens with zero attached hydrogens (tertiary/aromatic N) is 4. The topological polar surface area (TPSA) is 109 Å². The average Bonchev–Trinajstić information content (AvgIpc) is 3.11. The monoisotopic (exact) mass is 334 g/mol. The number of amides is 2. The summed E-state index contributed by atoms with van der Waals surface area (Å²) < 4.78 is 5.28. The molecule has 120 valence electrons. The standard InChI is InChI=1S/C13H14N6O3S/c20-11(9-7-14-1-2-15-9)17-18-12(21)10-8-23-13(16-10)19-3-5-22-6-4-19/h1-2,7-8H,3-6H2,(H,17,20)(H,18,21). The van der Waals surface area contributed by atoms with Crippen molar-refractivity contribution in [2.45, 2.75) is 0 Å². The number of carbonyl (C=O) groups is 2. The lowest BCUT2D eigenvalue weighted by Gasteiger charge is -2.25. The molecule has 9 nitrogen and oxygen atoms in total.